The molecular weight excluding hydrogens is 278 g/mol. The van der Waals surface area contributed by atoms with Crippen molar-refractivity contribution in [2.45, 2.75) is 96.6 Å². The lowest BCUT2D eigenvalue weighted by molar-refractivity contribution is -0.868. The molecule has 2 unspecified atom stereocenters. The molecular formula is C18H36NO3+. The van der Waals surface area contributed by atoms with Gasteiger partial charge in [-0.3, -0.25) is 0 Å². The Hall–Kier alpha value is -0.610. The molecule has 2 N–H and O–H groups in total. The van der Waals surface area contributed by atoms with E-state index in [1.54, 1.807) is 0 Å². The van der Waals surface area contributed by atoms with Crippen LogP contribution < -0.4 is 0 Å². The fourth-order valence-corrected chi connectivity index (χ4v) is 3.78. The summed E-state index contributed by atoms with van der Waals surface area (Å²) in [5.41, 5.74) is 0. The second kappa shape index (κ2) is 10.2. The third-order valence-corrected chi connectivity index (χ3v) is 5.29. The minimum Gasteiger partial charge on any atom is -0.435 e. The number of quaternary nitrogens is 1. The second-order valence-corrected chi connectivity index (χ2v) is 7.14. The molecule has 1 fully saturated rings. The van der Waals surface area contributed by atoms with Crippen LogP contribution in [-0.2, 0) is 0 Å². The summed E-state index contributed by atoms with van der Waals surface area (Å²) < 4.78 is 0.0676. The van der Waals surface area contributed by atoms with Gasteiger partial charge in [0.05, 0.1) is 12.6 Å². The lowest BCUT2D eigenvalue weighted by atomic mass is 10.1. The van der Waals surface area contributed by atoms with Crippen molar-refractivity contribution in [2.24, 2.45) is 0 Å². The van der Waals surface area contributed by atoms with Crippen LogP contribution in [0.3, 0.4) is 0 Å². The molecule has 0 bridgehead atoms. The van der Waals surface area contributed by atoms with Crippen LogP contribution in [0.25, 0.3) is 0 Å². The fourth-order valence-electron chi connectivity index (χ4n) is 3.78. The third-order valence-electron chi connectivity index (χ3n) is 5.29. The van der Waals surface area contributed by atoms with Gasteiger partial charge >= 0.3 is 6.09 Å². The summed E-state index contributed by atoms with van der Waals surface area (Å²) in [7, 11) is 0. The van der Waals surface area contributed by atoms with Gasteiger partial charge in [0, 0.05) is 6.42 Å². The molecule has 1 aliphatic rings. The van der Waals surface area contributed by atoms with Crippen molar-refractivity contribution in [3.63, 3.8) is 0 Å². The van der Waals surface area contributed by atoms with Crippen molar-refractivity contribution in [2.75, 3.05) is 13.1 Å². The van der Waals surface area contributed by atoms with Gasteiger partial charge in [-0.05, 0) is 19.8 Å². The molecule has 22 heavy (non-hydrogen) atoms. The number of carbonyl (C=O) groups is 1. The van der Waals surface area contributed by atoms with Gasteiger partial charge in [-0.2, -0.15) is 4.79 Å². The first-order valence-corrected chi connectivity index (χ1v) is 9.31. The average molecular weight is 314 g/mol. The summed E-state index contributed by atoms with van der Waals surface area (Å²) in [5.74, 6) is 0. The Bertz CT molecular complexity index is 321. The van der Waals surface area contributed by atoms with Crippen molar-refractivity contribution in [1.82, 2.24) is 0 Å². The zero-order chi connectivity index (χ0) is 16.4. The zero-order valence-corrected chi connectivity index (χ0v) is 14.6. The van der Waals surface area contributed by atoms with Crippen molar-refractivity contribution in [3.8, 4) is 0 Å². The summed E-state index contributed by atoms with van der Waals surface area (Å²) in [6, 6.07) is 0.0334. The number of unbranched alkanes of at least 4 members (excludes halogenated alkanes) is 9. The van der Waals surface area contributed by atoms with Crippen LogP contribution in [0, 0.1) is 0 Å². The molecule has 1 amide bonds. The van der Waals surface area contributed by atoms with Crippen LogP contribution in [0.15, 0.2) is 0 Å². The number of nitrogens with zero attached hydrogens (tertiary/aromatic N) is 1. The molecule has 0 aromatic rings. The Labute approximate surface area is 136 Å². The molecule has 1 heterocycles. The zero-order valence-electron chi connectivity index (χ0n) is 14.6. The Balaban J connectivity index is 2.11. The summed E-state index contributed by atoms with van der Waals surface area (Å²) in [5, 5.41) is 19.3. The van der Waals surface area contributed by atoms with Crippen molar-refractivity contribution in [1.29, 1.82) is 0 Å². The number of carboxylic acid groups (broad SMARTS) is 1. The number of aliphatic hydroxyl groups is 1. The summed E-state index contributed by atoms with van der Waals surface area (Å²) in [4.78, 5) is 11.6. The van der Waals surface area contributed by atoms with Crippen LogP contribution in [0.1, 0.15) is 84.5 Å². The number of amides is 1. The molecule has 0 saturated carbocycles. The molecule has 3 atom stereocenters. The van der Waals surface area contributed by atoms with Gasteiger partial charge in [-0.1, -0.05) is 58.3 Å². The van der Waals surface area contributed by atoms with E-state index < -0.39 is 12.2 Å². The molecule has 0 spiro atoms. The van der Waals surface area contributed by atoms with E-state index in [2.05, 4.69) is 6.92 Å². The molecule has 4 heteroatoms. The minimum absolute atomic E-state index is 0.0334. The second-order valence-electron chi connectivity index (χ2n) is 7.14. The summed E-state index contributed by atoms with van der Waals surface area (Å²) >= 11 is 0. The minimum atomic E-state index is -0.764. The van der Waals surface area contributed by atoms with E-state index >= 15 is 0 Å². The standard InChI is InChI=1S/C18H35NO3/c1-3-4-5-6-7-8-9-10-11-12-13-19(18(21)22)15-17(20)14-16(19)2/h16-17,20H,3-15H2,1-2H3/p+1/t16?,17-,19?/m1/s1. The Kier molecular flexibility index (Phi) is 9.03. The number of aliphatic hydroxyl groups excluding tert-OH is 1. The lowest BCUT2D eigenvalue weighted by Gasteiger charge is -2.32. The molecule has 0 aliphatic carbocycles. The number of rotatable bonds is 11. The van der Waals surface area contributed by atoms with Crippen molar-refractivity contribution < 1.29 is 19.5 Å². The predicted octanol–water partition coefficient (Wildman–Crippen LogP) is 4.56. The van der Waals surface area contributed by atoms with Gasteiger partial charge in [0.2, 0.25) is 0 Å². The third kappa shape index (κ3) is 5.88. The fraction of sp³-hybridized carbons (Fsp3) is 0.944. The Morgan fingerprint density at radius 1 is 1.00 bits per heavy atom. The molecule has 1 saturated heterocycles. The normalized spacial score (nSPS) is 28.1. The van der Waals surface area contributed by atoms with E-state index in [1.807, 2.05) is 6.92 Å². The van der Waals surface area contributed by atoms with Crippen LogP contribution in [0.4, 0.5) is 4.79 Å². The topological polar surface area (TPSA) is 57.5 Å². The van der Waals surface area contributed by atoms with E-state index in [-0.39, 0.29) is 10.5 Å². The maximum Gasteiger partial charge on any atom is 0.513 e. The van der Waals surface area contributed by atoms with Crippen LogP contribution in [-0.4, -0.2) is 46.0 Å². The highest BCUT2D eigenvalue weighted by atomic mass is 16.4. The van der Waals surface area contributed by atoms with Gasteiger partial charge in [-0.15, -0.1) is 0 Å². The van der Waals surface area contributed by atoms with Gasteiger partial charge in [0.1, 0.15) is 12.6 Å². The van der Waals surface area contributed by atoms with Gasteiger partial charge < -0.3 is 10.2 Å². The Morgan fingerprint density at radius 3 is 1.91 bits per heavy atom. The molecule has 0 radical (unpaired) electrons. The first kappa shape index (κ1) is 19.4. The van der Waals surface area contributed by atoms with Gasteiger partial charge in [0.15, 0.2) is 0 Å². The number of hydrogen-bond donors (Lipinski definition) is 2. The summed E-state index contributed by atoms with van der Waals surface area (Å²) in [6.45, 7) is 5.26. The summed E-state index contributed by atoms with van der Waals surface area (Å²) in [6.07, 6.45) is 12.0. The molecule has 0 aromatic heterocycles. The molecule has 1 aliphatic heterocycles. The largest absolute Gasteiger partial charge is 0.513 e. The van der Waals surface area contributed by atoms with Crippen molar-refractivity contribution >= 4 is 6.09 Å². The molecule has 130 valence electrons. The van der Waals surface area contributed by atoms with Crippen LogP contribution >= 0.6 is 0 Å². The lowest BCUT2D eigenvalue weighted by Crippen LogP contribution is -2.55. The monoisotopic (exact) mass is 314 g/mol. The maximum absolute atomic E-state index is 11.6. The smallest absolute Gasteiger partial charge is 0.435 e. The quantitative estimate of drug-likeness (QED) is 0.434. The first-order chi connectivity index (χ1) is 10.5. The van der Waals surface area contributed by atoms with E-state index in [4.69, 9.17) is 0 Å². The highest BCUT2D eigenvalue weighted by Gasteiger charge is 2.49. The van der Waals surface area contributed by atoms with Gasteiger partial charge in [0.25, 0.3) is 0 Å². The predicted molar refractivity (Wildman–Crippen MR) is 89.9 cm³/mol. The van der Waals surface area contributed by atoms with E-state index in [0.29, 0.717) is 19.5 Å². The van der Waals surface area contributed by atoms with Crippen LogP contribution in [0.2, 0.25) is 0 Å². The van der Waals surface area contributed by atoms with Gasteiger partial charge in [-0.25, -0.2) is 4.48 Å². The number of likely N-dealkylation sites (tertiary alicyclic amines) is 1. The molecule has 0 aromatic carbocycles. The highest BCUT2D eigenvalue weighted by molar-refractivity contribution is 5.57. The van der Waals surface area contributed by atoms with Crippen molar-refractivity contribution in [3.05, 3.63) is 0 Å². The van der Waals surface area contributed by atoms with E-state index in [9.17, 15) is 15.0 Å². The SMILES string of the molecule is CCCCCCCCCCCC[N+]1(C(=O)O)C[C@H](O)CC1C. The highest BCUT2D eigenvalue weighted by Crippen LogP contribution is 2.28. The number of hydrogen-bond acceptors (Lipinski definition) is 2. The molecule has 4 nitrogen and oxygen atoms in total. The van der Waals surface area contributed by atoms with E-state index in [0.717, 1.165) is 12.8 Å². The average Bonchev–Trinajstić information content (AvgIpc) is 2.76. The molecule has 1 rings (SSSR count). The maximum atomic E-state index is 11.6. The van der Waals surface area contributed by atoms with Crippen LogP contribution in [0.5, 0.6) is 0 Å². The Morgan fingerprint density at radius 2 is 1.50 bits per heavy atom. The first-order valence-electron chi connectivity index (χ1n) is 9.31. The van der Waals surface area contributed by atoms with E-state index in [1.165, 1.54) is 51.4 Å².